The molecular formula is C5H12NO2PS. The lowest BCUT2D eigenvalue weighted by atomic mass is 10.3. The van der Waals surface area contributed by atoms with Gasteiger partial charge >= 0.3 is 0 Å². The van der Waals surface area contributed by atoms with Crippen molar-refractivity contribution in [2.45, 2.75) is 19.4 Å². The molecule has 0 aromatic rings. The lowest BCUT2D eigenvalue weighted by Crippen LogP contribution is -2.11. The van der Waals surface area contributed by atoms with E-state index < -0.39 is 6.64 Å². The minimum absolute atomic E-state index is 0.255. The third-order valence-electron chi connectivity index (χ3n) is 1.50. The smallest absolute Gasteiger partial charge is 0.261 e. The average Bonchev–Trinajstić information content (AvgIpc) is 2.33. The largest absolute Gasteiger partial charge is 0.321 e. The highest BCUT2D eigenvalue weighted by Gasteiger charge is 2.29. The van der Waals surface area contributed by atoms with E-state index in [1.54, 1.807) is 7.11 Å². The van der Waals surface area contributed by atoms with Crippen LogP contribution in [0.15, 0.2) is 0 Å². The van der Waals surface area contributed by atoms with E-state index in [2.05, 4.69) is 12.0 Å². The highest BCUT2D eigenvalue weighted by Crippen LogP contribution is 2.48. The number of hydrogen-bond acceptors (Lipinski definition) is 3. The zero-order valence-corrected chi connectivity index (χ0v) is 7.87. The third-order valence-corrected chi connectivity index (χ3v) is 4.22. The average molecular weight is 181 g/mol. The standard InChI is InChI=1S/C5H12NO2PS/c1-3-5-4-6-9(10,7-2)8-5/h5H,3-4H2,1-2H3,(H,6,10). The van der Waals surface area contributed by atoms with Crippen LogP contribution in [-0.4, -0.2) is 19.8 Å². The van der Waals surface area contributed by atoms with Crippen LogP contribution in [0.25, 0.3) is 0 Å². The molecule has 1 aliphatic rings. The molecule has 0 amide bonds. The molecule has 1 N–H and O–H groups in total. The Kier molecular flexibility index (Phi) is 2.83. The molecule has 1 heterocycles. The maximum absolute atomic E-state index is 5.44. The molecule has 0 aromatic heterocycles. The van der Waals surface area contributed by atoms with Gasteiger partial charge in [0.05, 0.1) is 6.10 Å². The minimum Gasteiger partial charge on any atom is -0.321 e. The van der Waals surface area contributed by atoms with Crippen LogP contribution in [0.4, 0.5) is 0 Å². The van der Waals surface area contributed by atoms with Gasteiger partial charge in [0.2, 0.25) is 0 Å². The Labute approximate surface area is 66.3 Å². The molecule has 3 nitrogen and oxygen atoms in total. The first-order valence-corrected chi connectivity index (χ1v) is 5.93. The van der Waals surface area contributed by atoms with E-state index in [0.29, 0.717) is 0 Å². The summed E-state index contributed by atoms with van der Waals surface area (Å²) in [6.07, 6.45) is 1.25. The van der Waals surface area contributed by atoms with Gasteiger partial charge in [0.25, 0.3) is 6.64 Å². The molecule has 0 spiro atoms. The Hall–Kier alpha value is 0.530. The second-order valence-electron chi connectivity index (χ2n) is 2.18. The Morgan fingerprint density at radius 3 is 2.90 bits per heavy atom. The van der Waals surface area contributed by atoms with Gasteiger partial charge in [-0.3, -0.25) is 0 Å². The van der Waals surface area contributed by atoms with Crippen LogP contribution in [0.1, 0.15) is 13.3 Å². The van der Waals surface area contributed by atoms with Crippen molar-refractivity contribution in [1.29, 1.82) is 0 Å². The van der Waals surface area contributed by atoms with Gasteiger partial charge < -0.3 is 9.05 Å². The normalized spacial score (nSPS) is 40.4. The van der Waals surface area contributed by atoms with Crippen molar-refractivity contribution in [3.8, 4) is 0 Å². The number of rotatable bonds is 2. The Balaban J connectivity index is 2.49. The second-order valence-corrected chi connectivity index (χ2v) is 5.51. The van der Waals surface area contributed by atoms with E-state index in [4.69, 9.17) is 20.9 Å². The molecule has 60 valence electrons. The van der Waals surface area contributed by atoms with E-state index >= 15 is 0 Å². The molecule has 10 heavy (non-hydrogen) atoms. The van der Waals surface area contributed by atoms with Gasteiger partial charge in [0.1, 0.15) is 0 Å². The van der Waals surface area contributed by atoms with Crippen LogP contribution < -0.4 is 5.09 Å². The van der Waals surface area contributed by atoms with Crippen molar-refractivity contribution < 1.29 is 9.05 Å². The van der Waals surface area contributed by atoms with Gasteiger partial charge in [-0.2, -0.15) is 0 Å². The summed E-state index contributed by atoms with van der Waals surface area (Å²) in [6.45, 7) is 0.871. The quantitative estimate of drug-likeness (QED) is 0.649. The maximum atomic E-state index is 5.44. The summed E-state index contributed by atoms with van der Waals surface area (Å²) in [6, 6.07) is 0. The van der Waals surface area contributed by atoms with Gasteiger partial charge in [0.15, 0.2) is 0 Å². The first kappa shape index (κ1) is 8.62. The zero-order valence-electron chi connectivity index (χ0n) is 6.16. The topological polar surface area (TPSA) is 30.5 Å². The highest BCUT2D eigenvalue weighted by molar-refractivity contribution is 8.09. The number of hydrogen-bond donors (Lipinski definition) is 1. The molecule has 2 atom stereocenters. The summed E-state index contributed by atoms with van der Waals surface area (Å²) < 4.78 is 10.5. The van der Waals surface area contributed by atoms with Crippen LogP contribution in [0.3, 0.4) is 0 Å². The molecule has 2 unspecified atom stereocenters. The highest BCUT2D eigenvalue weighted by atomic mass is 32.5. The van der Waals surface area contributed by atoms with Gasteiger partial charge in [-0.15, -0.1) is 0 Å². The summed E-state index contributed by atoms with van der Waals surface area (Å²) in [5, 5.41) is 3.07. The van der Waals surface area contributed by atoms with Crippen molar-refractivity contribution in [2.75, 3.05) is 13.7 Å². The molecule has 0 bridgehead atoms. The minimum atomic E-state index is -2.04. The van der Waals surface area contributed by atoms with Crippen LogP contribution in [-0.2, 0) is 20.9 Å². The van der Waals surface area contributed by atoms with Gasteiger partial charge in [-0.25, -0.2) is 5.09 Å². The van der Waals surface area contributed by atoms with Gasteiger partial charge in [-0.05, 0) is 18.2 Å². The van der Waals surface area contributed by atoms with Crippen LogP contribution >= 0.6 is 6.64 Å². The summed E-state index contributed by atoms with van der Waals surface area (Å²) in [5.41, 5.74) is 0. The molecule has 1 rings (SSSR count). The third kappa shape index (κ3) is 1.77. The lowest BCUT2D eigenvalue weighted by Gasteiger charge is -2.12. The fourth-order valence-corrected chi connectivity index (χ4v) is 2.73. The summed E-state index contributed by atoms with van der Waals surface area (Å²) in [7, 11) is 1.59. The van der Waals surface area contributed by atoms with Crippen LogP contribution in [0.5, 0.6) is 0 Å². The van der Waals surface area contributed by atoms with Crippen molar-refractivity contribution in [1.82, 2.24) is 5.09 Å². The summed E-state index contributed by atoms with van der Waals surface area (Å²) >= 11 is 5.07. The number of nitrogens with one attached hydrogen (secondary N) is 1. The first-order chi connectivity index (χ1) is 4.70. The molecule has 0 aromatic carbocycles. The van der Waals surface area contributed by atoms with Crippen molar-refractivity contribution in [3.63, 3.8) is 0 Å². The van der Waals surface area contributed by atoms with E-state index in [1.165, 1.54) is 0 Å². The summed E-state index contributed by atoms with van der Waals surface area (Å²) in [4.78, 5) is 0. The molecule has 0 radical (unpaired) electrons. The Morgan fingerprint density at radius 1 is 1.90 bits per heavy atom. The van der Waals surface area contributed by atoms with Crippen molar-refractivity contribution >= 4 is 18.4 Å². The second kappa shape index (κ2) is 3.28. The van der Waals surface area contributed by atoms with Gasteiger partial charge in [0, 0.05) is 13.7 Å². The van der Waals surface area contributed by atoms with Crippen molar-refractivity contribution in [3.05, 3.63) is 0 Å². The van der Waals surface area contributed by atoms with Crippen LogP contribution in [0, 0.1) is 0 Å². The fourth-order valence-electron chi connectivity index (χ4n) is 0.811. The first-order valence-electron chi connectivity index (χ1n) is 3.29. The maximum Gasteiger partial charge on any atom is 0.261 e. The molecule has 5 heteroatoms. The molecule has 1 fully saturated rings. The SMILES string of the molecule is CCC1CNP(=S)(OC)O1. The monoisotopic (exact) mass is 181 g/mol. The molecule has 0 saturated carbocycles. The van der Waals surface area contributed by atoms with E-state index in [-0.39, 0.29) is 6.10 Å². The van der Waals surface area contributed by atoms with Crippen LogP contribution in [0.2, 0.25) is 0 Å². The Morgan fingerprint density at radius 2 is 2.60 bits per heavy atom. The Bertz CT molecular complexity index is 164. The van der Waals surface area contributed by atoms with E-state index in [0.717, 1.165) is 13.0 Å². The molecular weight excluding hydrogens is 169 g/mol. The summed E-state index contributed by atoms with van der Waals surface area (Å²) in [5.74, 6) is 0. The molecule has 1 aliphatic heterocycles. The predicted octanol–water partition coefficient (Wildman–Crippen LogP) is 1.26. The van der Waals surface area contributed by atoms with Crippen molar-refractivity contribution in [2.24, 2.45) is 0 Å². The lowest BCUT2D eigenvalue weighted by molar-refractivity contribution is 0.225. The fraction of sp³-hybridized carbons (Fsp3) is 1.00. The molecule has 0 aliphatic carbocycles. The van der Waals surface area contributed by atoms with E-state index in [9.17, 15) is 0 Å². The van der Waals surface area contributed by atoms with Gasteiger partial charge in [-0.1, -0.05) is 6.92 Å². The predicted molar refractivity (Wildman–Crippen MR) is 44.5 cm³/mol. The molecule has 1 saturated heterocycles. The van der Waals surface area contributed by atoms with E-state index in [1.807, 2.05) is 0 Å². The zero-order chi connectivity index (χ0) is 7.61.